The Morgan fingerprint density at radius 2 is 1.83 bits per heavy atom. The van der Waals surface area contributed by atoms with Crippen molar-refractivity contribution in [2.24, 2.45) is 0 Å². The summed E-state index contributed by atoms with van der Waals surface area (Å²) in [6.45, 7) is 2.76. The molecule has 2 heteroatoms. The number of rotatable bonds is 1. The van der Waals surface area contributed by atoms with Gasteiger partial charge in [-0.05, 0) is 44.5 Å². The lowest BCUT2D eigenvalue weighted by Crippen LogP contribution is -2.41. The lowest BCUT2D eigenvalue weighted by atomic mass is 10.1. The van der Waals surface area contributed by atoms with Crippen LogP contribution in [0.4, 0.5) is 0 Å². The first-order valence-corrected chi connectivity index (χ1v) is 6.44. The summed E-state index contributed by atoms with van der Waals surface area (Å²) in [5, 5.41) is 0. The van der Waals surface area contributed by atoms with Gasteiger partial charge in [-0.1, -0.05) is 6.42 Å². The summed E-state index contributed by atoms with van der Waals surface area (Å²) in [6.07, 6.45) is 7.28. The van der Waals surface area contributed by atoms with Gasteiger partial charge >= 0.3 is 0 Å². The van der Waals surface area contributed by atoms with Gasteiger partial charge in [-0.3, -0.25) is 4.90 Å². The maximum absolute atomic E-state index is 2.73. The van der Waals surface area contributed by atoms with Crippen LogP contribution < -0.4 is 0 Å². The first-order chi connectivity index (χ1) is 5.97. The number of hydrogen-bond donors (Lipinski definition) is 0. The van der Waals surface area contributed by atoms with E-state index in [0.29, 0.717) is 0 Å². The van der Waals surface area contributed by atoms with E-state index in [2.05, 4.69) is 16.7 Å². The van der Waals surface area contributed by atoms with E-state index < -0.39 is 0 Å². The first-order valence-electron chi connectivity index (χ1n) is 5.28. The molecule has 0 N–H and O–H groups in total. The highest BCUT2D eigenvalue weighted by atomic mass is 32.2. The second-order valence-corrected chi connectivity index (χ2v) is 5.12. The topological polar surface area (TPSA) is 3.24 Å². The van der Waals surface area contributed by atoms with Crippen LogP contribution in [0.1, 0.15) is 32.1 Å². The Morgan fingerprint density at radius 1 is 1.00 bits per heavy atom. The molecular formula is C10H19NS. The molecule has 2 aliphatic heterocycles. The van der Waals surface area contributed by atoms with Crippen molar-refractivity contribution in [1.82, 2.24) is 4.90 Å². The SMILES string of the molecule is C1CCN(C2CCCSC2)CC1. The van der Waals surface area contributed by atoms with Crippen molar-refractivity contribution < 1.29 is 0 Å². The molecule has 2 aliphatic rings. The van der Waals surface area contributed by atoms with E-state index in [1.807, 2.05) is 0 Å². The quantitative estimate of drug-likeness (QED) is 0.617. The van der Waals surface area contributed by atoms with Gasteiger partial charge < -0.3 is 0 Å². The zero-order chi connectivity index (χ0) is 8.23. The molecule has 2 saturated heterocycles. The van der Waals surface area contributed by atoms with Gasteiger partial charge in [-0.15, -0.1) is 0 Å². The van der Waals surface area contributed by atoms with E-state index in [4.69, 9.17) is 0 Å². The van der Waals surface area contributed by atoms with E-state index in [1.165, 1.54) is 56.7 Å². The predicted molar refractivity (Wildman–Crippen MR) is 55.8 cm³/mol. The number of piperidine rings is 1. The average molecular weight is 185 g/mol. The second-order valence-electron chi connectivity index (χ2n) is 3.97. The maximum Gasteiger partial charge on any atom is 0.0186 e. The van der Waals surface area contributed by atoms with E-state index >= 15 is 0 Å². The summed E-state index contributed by atoms with van der Waals surface area (Å²) in [4.78, 5) is 2.73. The summed E-state index contributed by atoms with van der Waals surface area (Å²) in [5.74, 6) is 2.81. The van der Waals surface area contributed by atoms with Gasteiger partial charge in [0.1, 0.15) is 0 Å². The molecule has 0 bridgehead atoms. The molecular weight excluding hydrogens is 166 g/mol. The minimum absolute atomic E-state index is 0.934. The zero-order valence-electron chi connectivity index (χ0n) is 7.80. The molecule has 0 saturated carbocycles. The Kier molecular flexibility index (Phi) is 3.35. The van der Waals surface area contributed by atoms with Gasteiger partial charge in [0.2, 0.25) is 0 Å². The highest BCUT2D eigenvalue weighted by molar-refractivity contribution is 7.99. The Labute approximate surface area is 79.9 Å². The van der Waals surface area contributed by atoms with Crippen molar-refractivity contribution in [3.8, 4) is 0 Å². The molecule has 0 spiro atoms. The number of nitrogens with zero attached hydrogens (tertiary/aromatic N) is 1. The molecule has 12 heavy (non-hydrogen) atoms. The Hall–Kier alpha value is 0.310. The maximum atomic E-state index is 2.73. The minimum atomic E-state index is 0.934. The Bertz CT molecular complexity index is 110. The zero-order valence-corrected chi connectivity index (χ0v) is 8.61. The first kappa shape index (κ1) is 8.89. The van der Waals surface area contributed by atoms with E-state index in [-0.39, 0.29) is 0 Å². The summed E-state index contributed by atoms with van der Waals surface area (Å²) in [7, 11) is 0. The van der Waals surface area contributed by atoms with E-state index in [9.17, 15) is 0 Å². The van der Waals surface area contributed by atoms with Gasteiger partial charge in [-0.2, -0.15) is 11.8 Å². The molecule has 0 aromatic rings. The average Bonchev–Trinajstić information content (AvgIpc) is 2.21. The molecule has 1 atom stereocenters. The minimum Gasteiger partial charge on any atom is -0.300 e. The number of thioether (sulfide) groups is 1. The third-order valence-corrected chi connectivity index (χ3v) is 4.24. The summed E-state index contributed by atoms with van der Waals surface area (Å²) < 4.78 is 0. The fraction of sp³-hybridized carbons (Fsp3) is 1.00. The fourth-order valence-electron chi connectivity index (χ4n) is 2.30. The van der Waals surface area contributed by atoms with Crippen molar-refractivity contribution in [2.75, 3.05) is 24.6 Å². The fourth-order valence-corrected chi connectivity index (χ4v) is 3.48. The van der Waals surface area contributed by atoms with Gasteiger partial charge in [0.25, 0.3) is 0 Å². The Morgan fingerprint density at radius 3 is 2.50 bits per heavy atom. The van der Waals surface area contributed by atoms with E-state index in [1.54, 1.807) is 0 Å². The van der Waals surface area contributed by atoms with Crippen LogP contribution in [-0.2, 0) is 0 Å². The number of hydrogen-bond acceptors (Lipinski definition) is 2. The van der Waals surface area contributed by atoms with Crippen LogP contribution in [0.2, 0.25) is 0 Å². The highest BCUT2D eigenvalue weighted by Gasteiger charge is 2.22. The van der Waals surface area contributed by atoms with Crippen molar-refractivity contribution in [2.45, 2.75) is 38.1 Å². The van der Waals surface area contributed by atoms with Crippen LogP contribution in [0.5, 0.6) is 0 Å². The van der Waals surface area contributed by atoms with Gasteiger partial charge in [0.05, 0.1) is 0 Å². The van der Waals surface area contributed by atoms with Gasteiger partial charge in [-0.25, -0.2) is 0 Å². The predicted octanol–water partition coefficient (Wildman–Crippen LogP) is 2.37. The van der Waals surface area contributed by atoms with Crippen molar-refractivity contribution in [3.05, 3.63) is 0 Å². The molecule has 1 unspecified atom stereocenters. The highest BCUT2D eigenvalue weighted by Crippen LogP contribution is 2.23. The second kappa shape index (κ2) is 4.52. The lowest BCUT2D eigenvalue weighted by molar-refractivity contribution is 0.167. The van der Waals surface area contributed by atoms with E-state index in [0.717, 1.165) is 6.04 Å². The normalized spacial score (nSPS) is 33.5. The summed E-state index contributed by atoms with van der Waals surface area (Å²) in [5.41, 5.74) is 0. The standard InChI is InChI=1S/C10H19NS/c1-2-6-11(7-3-1)10-5-4-8-12-9-10/h10H,1-9H2. The third-order valence-electron chi connectivity index (χ3n) is 3.04. The molecule has 2 fully saturated rings. The molecule has 0 aromatic carbocycles. The molecule has 1 nitrogen and oxygen atoms in total. The lowest BCUT2D eigenvalue weighted by Gasteiger charge is -2.36. The smallest absolute Gasteiger partial charge is 0.0186 e. The van der Waals surface area contributed by atoms with Crippen LogP contribution in [0.3, 0.4) is 0 Å². The molecule has 0 amide bonds. The van der Waals surface area contributed by atoms with Gasteiger partial charge in [0.15, 0.2) is 0 Å². The number of likely N-dealkylation sites (tertiary alicyclic amines) is 1. The third kappa shape index (κ3) is 2.17. The summed E-state index contributed by atoms with van der Waals surface area (Å²) in [6, 6.07) is 0.934. The molecule has 0 aliphatic carbocycles. The van der Waals surface area contributed by atoms with Crippen LogP contribution in [0.25, 0.3) is 0 Å². The largest absolute Gasteiger partial charge is 0.300 e. The Balaban J connectivity index is 1.80. The molecule has 70 valence electrons. The molecule has 2 rings (SSSR count). The molecule has 0 radical (unpaired) electrons. The van der Waals surface area contributed by atoms with Crippen molar-refractivity contribution in [1.29, 1.82) is 0 Å². The monoisotopic (exact) mass is 185 g/mol. The van der Waals surface area contributed by atoms with Crippen LogP contribution in [0.15, 0.2) is 0 Å². The van der Waals surface area contributed by atoms with Crippen molar-refractivity contribution in [3.63, 3.8) is 0 Å². The van der Waals surface area contributed by atoms with Crippen molar-refractivity contribution >= 4 is 11.8 Å². The van der Waals surface area contributed by atoms with Crippen LogP contribution in [-0.4, -0.2) is 35.5 Å². The van der Waals surface area contributed by atoms with Crippen LogP contribution >= 0.6 is 11.8 Å². The summed E-state index contributed by atoms with van der Waals surface area (Å²) >= 11 is 2.15. The molecule has 2 heterocycles. The van der Waals surface area contributed by atoms with Crippen LogP contribution in [0, 0.1) is 0 Å². The van der Waals surface area contributed by atoms with Gasteiger partial charge in [0, 0.05) is 11.8 Å². The molecule has 0 aromatic heterocycles.